The van der Waals surface area contributed by atoms with Crippen LogP contribution in [0.3, 0.4) is 0 Å². The van der Waals surface area contributed by atoms with E-state index in [0.717, 1.165) is 12.8 Å². The van der Waals surface area contributed by atoms with Gasteiger partial charge in [-0.25, -0.2) is 4.57 Å². The summed E-state index contributed by atoms with van der Waals surface area (Å²) < 4.78 is 1.45. The SMILES string of the molecule is CCCCn1cnnc1[N+](=O)[O-]. The van der Waals surface area contributed by atoms with E-state index in [9.17, 15) is 10.1 Å². The van der Waals surface area contributed by atoms with E-state index < -0.39 is 4.92 Å². The molecule has 6 nitrogen and oxygen atoms in total. The van der Waals surface area contributed by atoms with Crippen LogP contribution in [-0.4, -0.2) is 19.7 Å². The van der Waals surface area contributed by atoms with Crippen LogP contribution in [0.2, 0.25) is 0 Å². The number of aryl methyl sites for hydroxylation is 1. The van der Waals surface area contributed by atoms with Crippen molar-refractivity contribution in [2.45, 2.75) is 26.3 Å². The highest BCUT2D eigenvalue weighted by Crippen LogP contribution is 2.06. The molecule has 1 rings (SSSR count). The van der Waals surface area contributed by atoms with Crippen molar-refractivity contribution in [3.05, 3.63) is 16.4 Å². The zero-order chi connectivity index (χ0) is 8.97. The van der Waals surface area contributed by atoms with Crippen molar-refractivity contribution in [3.8, 4) is 0 Å². The summed E-state index contributed by atoms with van der Waals surface area (Å²) in [7, 11) is 0. The van der Waals surface area contributed by atoms with Gasteiger partial charge in [0, 0.05) is 0 Å². The predicted molar refractivity (Wildman–Crippen MR) is 41.6 cm³/mol. The number of nitro groups is 1. The second-order valence-electron chi connectivity index (χ2n) is 2.43. The van der Waals surface area contributed by atoms with Crippen molar-refractivity contribution in [2.75, 3.05) is 0 Å². The number of aromatic nitrogens is 3. The number of rotatable bonds is 4. The van der Waals surface area contributed by atoms with Crippen molar-refractivity contribution in [1.29, 1.82) is 0 Å². The van der Waals surface area contributed by atoms with Crippen molar-refractivity contribution < 1.29 is 4.92 Å². The van der Waals surface area contributed by atoms with E-state index in [1.807, 2.05) is 6.92 Å². The molecule has 0 aromatic carbocycles. The molecule has 66 valence electrons. The number of hydrogen-bond acceptors (Lipinski definition) is 4. The smallest absolute Gasteiger partial charge is 0.390 e. The number of nitrogens with zero attached hydrogens (tertiary/aromatic N) is 4. The Morgan fingerprint density at radius 3 is 3.08 bits per heavy atom. The van der Waals surface area contributed by atoms with E-state index in [2.05, 4.69) is 10.2 Å². The molecule has 0 aliphatic carbocycles. The normalized spacial score (nSPS) is 10.1. The van der Waals surface area contributed by atoms with Crippen LogP contribution in [0.15, 0.2) is 6.33 Å². The van der Waals surface area contributed by atoms with E-state index >= 15 is 0 Å². The highest BCUT2D eigenvalue weighted by atomic mass is 16.6. The minimum atomic E-state index is -0.525. The summed E-state index contributed by atoms with van der Waals surface area (Å²) in [5.41, 5.74) is 0. The largest absolute Gasteiger partial charge is 0.458 e. The molecule has 12 heavy (non-hydrogen) atoms. The van der Waals surface area contributed by atoms with Gasteiger partial charge in [-0.1, -0.05) is 13.3 Å². The molecule has 0 bridgehead atoms. The van der Waals surface area contributed by atoms with Crippen LogP contribution in [0, 0.1) is 10.1 Å². The molecule has 1 aromatic heterocycles. The zero-order valence-electron chi connectivity index (χ0n) is 6.80. The summed E-state index contributed by atoms with van der Waals surface area (Å²) in [5, 5.41) is 17.2. The lowest BCUT2D eigenvalue weighted by atomic mass is 10.3. The van der Waals surface area contributed by atoms with Crippen LogP contribution < -0.4 is 0 Å². The van der Waals surface area contributed by atoms with E-state index in [4.69, 9.17) is 0 Å². The van der Waals surface area contributed by atoms with Gasteiger partial charge in [0.2, 0.25) is 0 Å². The van der Waals surface area contributed by atoms with Crippen LogP contribution >= 0.6 is 0 Å². The van der Waals surface area contributed by atoms with Gasteiger partial charge in [-0.3, -0.25) is 0 Å². The molecule has 0 aliphatic heterocycles. The van der Waals surface area contributed by atoms with Crippen molar-refractivity contribution in [2.24, 2.45) is 0 Å². The third kappa shape index (κ3) is 1.77. The molecule has 0 spiro atoms. The molecule has 6 heteroatoms. The van der Waals surface area contributed by atoms with Crippen LogP contribution in [0.1, 0.15) is 19.8 Å². The fraction of sp³-hybridized carbons (Fsp3) is 0.667. The van der Waals surface area contributed by atoms with E-state index in [1.165, 1.54) is 10.9 Å². The van der Waals surface area contributed by atoms with Gasteiger partial charge in [-0.2, -0.15) is 0 Å². The first-order valence-corrected chi connectivity index (χ1v) is 3.78. The lowest BCUT2D eigenvalue weighted by Gasteiger charge is -1.97. The molecule has 1 heterocycles. The van der Waals surface area contributed by atoms with Gasteiger partial charge in [0.05, 0.1) is 11.6 Å². The lowest BCUT2D eigenvalue weighted by molar-refractivity contribution is -0.397. The predicted octanol–water partition coefficient (Wildman–Crippen LogP) is 0.986. The first-order valence-electron chi connectivity index (χ1n) is 3.78. The Morgan fingerprint density at radius 1 is 1.75 bits per heavy atom. The third-order valence-corrected chi connectivity index (χ3v) is 1.51. The average molecular weight is 170 g/mol. The van der Waals surface area contributed by atoms with Crippen molar-refractivity contribution in [1.82, 2.24) is 14.8 Å². The molecule has 0 unspecified atom stereocenters. The maximum absolute atomic E-state index is 10.3. The second-order valence-corrected chi connectivity index (χ2v) is 2.43. The summed E-state index contributed by atoms with van der Waals surface area (Å²) in [6.07, 6.45) is 3.28. The van der Waals surface area contributed by atoms with E-state index in [1.54, 1.807) is 0 Å². The van der Waals surface area contributed by atoms with Gasteiger partial charge >= 0.3 is 5.95 Å². The maximum atomic E-state index is 10.3. The minimum absolute atomic E-state index is 0.177. The Balaban J connectivity index is 2.70. The van der Waals surface area contributed by atoms with Gasteiger partial charge in [-0.05, 0) is 16.4 Å². The quantitative estimate of drug-likeness (QED) is 0.498. The van der Waals surface area contributed by atoms with Gasteiger partial charge in [0.15, 0.2) is 6.33 Å². The molecule has 0 radical (unpaired) electrons. The zero-order valence-corrected chi connectivity index (χ0v) is 6.80. The molecule has 0 fully saturated rings. The maximum Gasteiger partial charge on any atom is 0.458 e. The van der Waals surface area contributed by atoms with Crippen LogP contribution in [0.5, 0.6) is 0 Å². The van der Waals surface area contributed by atoms with E-state index in [0.29, 0.717) is 6.54 Å². The molecule has 0 atom stereocenters. The van der Waals surface area contributed by atoms with E-state index in [-0.39, 0.29) is 5.95 Å². The fourth-order valence-corrected chi connectivity index (χ4v) is 0.876. The van der Waals surface area contributed by atoms with Gasteiger partial charge < -0.3 is 10.1 Å². The summed E-state index contributed by atoms with van der Waals surface area (Å²) in [4.78, 5) is 9.80. The minimum Gasteiger partial charge on any atom is -0.390 e. The first-order chi connectivity index (χ1) is 5.75. The molecule has 0 N–H and O–H groups in total. The molecular formula is C6H10N4O2. The Labute approximate surface area is 69.4 Å². The number of hydrogen-bond donors (Lipinski definition) is 0. The lowest BCUT2D eigenvalue weighted by Crippen LogP contribution is -2.02. The monoisotopic (exact) mass is 170 g/mol. The van der Waals surface area contributed by atoms with Gasteiger partial charge in [-0.15, -0.1) is 0 Å². The highest BCUT2D eigenvalue weighted by Gasteiger charge is 2.14. The topological polar surface area (TPSA) is 73.8 Å². The first kappa shape index (κ1) is 8.63. The summed E-state index contributed by atoms with van der Waals surface area (Å²) >= 11 is 0. The molecule has 1 aromatic rings. The summed E-state index contributed by atoms with van der Waals surface area (Å²) in [6, 6.07) is 0. The average Bonchev–Trinajstić information content (AvgIpc) is 2.48. The molecule has 0 saturated carbocycles. The molecular weight excluding hydrogens is 160 g/mol. The van der Waals surface area contributed by atoms with Crippen LogP contribution in [0.4, 0.5) is 5.95 Å². The molecule has 0 aliphatic rings. The standard InChI is InChI=1S/C6H10N4O2/c1-2-3-4-9-5-7-8-6(9)10(11)12/h5H,2-4H2,1H3. The third-order valence-electron chi connectivity index (χ3n) is 1.51. The second kappa shape index (κ2) is 3.80. The Bertz CT molecular complexity index is 270. The summed E-state index contributed by atoms with van der Waals surface area (Å²) in [6.45, 7) is 2.63. The highest BCUT2D eigenvalue weighted by molar-refractivity contribution is 5.00. The van der Waals surface area contributed by atoms with Crippen LogP contribution in [0.25, 0.3) is 0 Å². The Hall–Kier alpha value is -1.46. The Kier molecular flexibility index (Phi) is 2.73. The fourth-order valence-electron chi connectivity index (χ4n) is 0.876. The van der Waals surface area contributed by atoms with Gasteiger partial charge in [0.25, 0.3) is 0 Å². The van der Waals surface area contributed by atoms with Crippen molar-refractivity contribution >= 4 is 5.95 Å². The molecule has 0 saturated heterocycles. The number of unbranched alkanes of at least 4 members (excludes halogenated alkanes) is 1. The van der Waals surface area contributed by atoms with Crippen LogP contribution in [-0.2, 0) is 6.54 Å². The van der Waals surface area contributed by atoms with Gasteiger partial charge in [0.1, 0.15) is 0 Å². The summed E-state index contributed by atoms with van der Waals surface area (Å²) in [5.74, 6) is -0.177. The molecule has 0 amide bonds. The Morgan fingerprint density at radius 2 is 2.50 bits per heavy atom. The van der Waals surface area contributed by atoms with Crippen molar-refractivity contribution in [3.63, 3.8) is 0 Å².